The van der Waals surface area contributed by atoms with Crippen molar-refractivity contribution < 1.29 is 14.1 Å². The first kappa shape index (κ1) is 19.1. The standard InChI is InChI=1S/C22H21N3O3S/c1-14-11-18(20-15(2)24-28-21(20)23-14)22(26)25(13-17-8-6-10-29-17)12-16-7-4-5-9-19(16)27-3/h4-11H,12-13H2,1-3H3. The Morgan fingerprint density at radius 1 is 1.17 bits per heavy atom. The van der Waals surface area contributed by atoms with Crippen LogP contribution in [0.4, 0.5) is 0 Å². The second-order valence-corrected chi connectivity index (χ2v) is 7.84. The van der Waals surface area contributed by atoms with Crippen LogP contribution in [-0.2, 0) is 13.1 Å². The van der Waals surface area contributed by atoms with E-state index >= 15 is 0 Å². The van der Waals surface area contributed by atoms with E-state index in [-0.39, 0.29) is 5.91 Å². The molecule has 29 heavy (non-hydrogen) atoms. The van der Waals surface area contributed by atoms with Crippen LogP contribution in [0.3, 0.4) is 0 Å². The zero-order chi connectivity index (χ0) is 20.4. The van der Waals surface area contributed by atoms with E-state index in [4.69, 9.17) is 9.26 Å². The van der Waals surface area contributed by atoms with Crippen molar-refractivity contribution in [1.29, 1.82) is 0 Å². The van der Waals surface area contributed by atoms with Gasteiger partial charge in [0.1, 0.15) is 5.75 Å². The Kier molecular flexibility index (Phi) is 5.31. The molecule has 0 aliphatic carbocycles. The number of carbonyl (C=O) groups excluding carboxylic acids is 1. The van der Waals surface area contributed by atoms with E-state index in [9.17, 15) is 4.79 Å². The fourth-order valence-electron chi connectivity index (χ4n) is 3.39. The third-order valence-electron chi connectivity index (χ3n) is 4.74. The normalized spacial score (nSPS) is 11.0. The number of methoxy groups -OCH3 is 1. The van der Waals surface area contributed by atoms with Gasteiger partial charge < -0.3 is 14.2 Å². The van der Waals surface area contributed by atoms with Gasteiger partial charge in [0.05, 0.1) is 36.8 Å². The highest BCUT2D eigenvalue weighted by molar-refractivity contribution is 7.09. The van der Waals surface area contributed by atoms with Gasteiger partial charge in [0.25, 0.3) is 11.6 Å². The van der Waals surface area contributed by atoms with Crippen LogP contribution in [-0.4, -0.2) is 28.1 Å². The molecule has 148 valence electrons. The summed E-state index contributed by atoms with van der Waals surface area (Å²) in [7, 11) is 1.64. The summed E-state index contributed by atoms with van der Waals surface area (Å²) in [5, 5.41) is 6.68. The van der Waals surface area contributed by atoms with Crippen molar-refractivity contribution in [2.75, 3.05) is 7.11 Å². The van der Waals surface area contributed by atoms with Crippen molar-refractivity contribution in [3.8, 4) is 5.75 Å². The molecular weight excluding hydrogens is 386 g/mol. The van der Waals surface area contributed by atoms with E-state index in [0.717, 1.165) is 16.2 Å². The first-order valence-electron chi connectivity index (χ1n) is 9.24. The molecule has 0 spiro atoms. The maximum Gasteiger partial charge on any atom is 0.258 e. The Morgan fingerprint density at radius 2 is 2.00 bits per heavy atom. The van der Waals surface area contributed by atoms with E-state index < -0.39 is 0 Å². The van der Waals surface area contributed by atoms with Crippen molar-refractivity contribution in [1.82, 2.24) is 15.0 Å². The highest BCUT2D eigenvalue weighted by Gasteiger charge is 2.24. The second-order valence-electron chi connectivity index (χ2n) is 6.81. The molecule has 3 aromatic heterocycles. The number of para-hydroxylation sites is 1. The molecule has 0 radical (unpaired) electrons. The largest absolute Gasteiger partial charge is 0.496 e. The zero-order valence-electron chi connectivity index (χ0n) is 16.5. The molecule has 0 saturated carbocycles. The number of thiophene rings is 1. The van der Waals surface area contributed by atoms with Crippen LogP contribution in [0.25, 0.3) is 11.1 Å². The first-order valence-corrected chi connectivity index (χ1v) is 10.1. The van der Waals surface area contributed by atoms with E-state index in [0.29, 0.717) is 41.1 Å². The van der Waals surface area contributed by atoms with Crippen LogP contribution >= 0.6 is 11.3 Å². The summed E-state index contributed by atoms with van der Waals surface area (Å²) in [6.45, 7) is 4.59. The zero-order valence-corrected chi connectivity index (χ0v) is 17.3. The number of amides is 1. The number of pyridine rings is 1. The van der Waals surface area contributed by atoms with Gasteiger partial charge >= 0.3 is 0 Å². The Balaban J connectivity index is 1.77. The number of fused-ring (bicyclic) bond motifs is 1. The predicted octanol–water partition coefficient (Wildman–Crippen LogP) is 4.75. The third-order valence-corrected chi connectivity index (χ3v) is 5.60. The minimum atomic E-state index is -0.0916. The molecule has 4 aromatic rings. The Labute approximate surface area is 172 Å². The molecule has 0 atom stereocenters. The number of hydrogen-bond acceptors (Lipinski definition) is 6. The number of hydrogen-bond donors (Lipinski definition) is 0. The highest BCUT2D eigenvalue weighted by atomic mass is 32.1. The average molecular weight is 407 g/mol. The van der Waals surface area contributed by atoms with E-state index in [2.05, 4.69) is 10.1 Å². The Hall–Kier alpha value is -3.19. The van der Waals surface area contributed by atoms with Crippen molar-refractivity contribution in [2.45, 2.75) is 26.9 Å². The summed E-state index contributed by atoms with van der Waals surface area (Å²) in [5.41, 5.74) is 3.26. The molecule has 7 heteroatoms. The molecule has 0 bridgehead atoms. The monoisotopic (exact) mass is 407 g/mol. The topological polar surface area (TPSA) is 68.5 Å². The molecule has 1 amide bonds. The molecule has 0 aliphatic heterocycles. The van der Waals surface area contributed by atoms with Crippen LogP contribution in [0.2, 0.25) is 0 Å². The molecule has 0 aliphatic rings. The summed E-state index contributed by atoms with van der Waals surface area (Å²) in [6.07, 6.45) is 0. The summed E-state index contributed by atoms with van der Waals surface area (Å²) >= 11 is 1.63. The molecule has 0 fully saturated rings. The van der Waals surface area contributed by atoms with Gasteiger partial charge in [-0.1, -0.05) is 29.4 Å². The number of aromatic nitrogens is 2. The summed E-state index contributed by atoms with van der Waals surface area (Å²) < 4.78 is 10.8. The van der Waals surface area contributed by atoms with Gasteiger partial charge in [0.2, 0.25) is 0 Å². The van der Waals surface area contributed by atoms with Crippen LogP contribution in [0.1, 0.15) is 32.2 Å². The van der Waals surface area contributed by atoms with Crippen LogP contribution in [0, 0.1) is 13.8 Å². The highest BCUT2D eigenvalue weighted by Crippen LogP contribution is 2.27. The Morgan fingerprint density at radius 3 is 2.76 bits per heavy atom. The SMILES string of the molecule is COc1ccccc1CN(Cc1cccs1)C(=O)c1cc(C)nc2onc(C)c12. The number of benzene rings is 1. The summed E-state index contributed by atoms with van der Waals surface area (Å²) in [5.74, 6) is 0.666. The van der Waals surface area contributed by atoms with Crippen molar-refractivity contribution in [2.24, 2.45) is 0 Å². The van der Waals surface area contributed by atoms with Crippen molar-refractivity contribution in [3.63, 3.8) is 0 Å². The maximum absolute atomic E-state index is 13.7. The summed E-state index contributed by atoms with van der Waals surface area (Å²) in [4.78, 5) is 21.0. The van der Waals surface area contributed by atoms with Gasteiger partial charge in [0, 0.05) is 16.1 Å². The fourth-order valence-corrected chi connectivity index (χ4v) is 4.11. The lowest BCUT2D eigenvalue weighted by atomic mass is 10.1. The number of rotatable bonds is 6. The minimum absolute atomic E-state index is 0.0916. The summed E-state index contributed by atoms with van der Waals surface area (Å²) in [6, 6.07) is 13.6. The number of nitrogens with zero attached hydrogens (tertiary/aromatic N) is 3. The Bertz CT molecular complexity index is 1150. The molecular formula is C22H21N3O3S. The predicted molar refractivity (Wildman–Crippen MR) is 112 cm³/mol. The quantitative estimate of drug-likeness (QED) is 0.461. The van der Waals surface area contributed by atoms with Crippen LogP contribution in [0.15, 0.2) is 52.4 Å². The van der Waals surface area contributed by atoms with Crippen molar-refractivity contribution in [3.05, 3.63) is 75.2 Å². The molecule has 1 aromatic carbocycles. The van der Waals surface area contributed by atoms with E-state index in [1.165, 1.54) is 0 Å². The van der Waals surface area contributed by atoms with Crippen molar-refractivity contribution >= 4 is 28.3 Å². The van der Waals surface area contributed by atoms with Gasteiger partial charge in [-0.05, 0) is 37.4 Å². The van der Waals surface area contributed by atoms with Gasteiger partial charge in [-0.25, -0.2) is 4.98 Å². The van der Waals surface area contributed by atoms with Crippen LogP contribution < -0.4 is 4.74 Å². The van der Waals surface area contributed by atoms with Gasteiger partial charge in [-0.3, -0.25) is 4.79 Å². The fraction of sp³-hybridized carbons (Fsp3) is 0.227. The third kappa shape index (κ3) is 3.86. The number of aryl methyl sites for hydroxylation is 2. The van der Waals surface area contributed by atoms with E-state index in [1.54, 1.807) is 24.5 Å². The second kappa shape index (κ2) is 8.05. The van der Waals surface area contributed by atoms with Gasteiger partial charge in [-0.2, -0.15) is 0 Å². The lowest BCUT2D eigenvalue weighted by Crippen LogP contribution is -2.30. The lowest BCUT2D eigenvalue weighted by molar-refractivity contribution is 0.0732. The molecule has 0 unspecified atom stereocenters. The molecule has 0 saturated heterocycles. The maximum atomic E-state index is 13.7. The molecule has 6 nitrogen and oxygen atoms in total. The van der Waals surface area contributed by atoms with Crippen LogP contribution in [0.5, 0.6) is 5.75 Å². The average Bonchev–Trinajstić information content (AvgIpc) is 3.36. The molecule has 3 heterocycles. The van der Waals surface area contributed by atoms with E-state index in [1.807, 2.05) is 60.5 Å². The smallest absolute Gasteiger partial charge is 0.258 e. The molecule has 0 N–H and O–H groups in total. The number of carbonyl (C=O) groups is 1. The lowest BCUT2D eigenvalue weighted by Gasteiger charge is -2.24. The number of ether oxygens (including phenoxy) is 1. The minimum Gasteiger partial charge on any atom is -0.496 e. The van der Waals surface area contributed by atoms with Gasteiger partial charge in [0.15, 0.2) is 0 Å². The first-order chi connectivity index (χ1) is 14.1. The van der Waals surface area contributed by atoms with Gasteiger partial charge in [-0.15, -0.1) is 11.3 Å². The molecule has 4 rings (SSSR count).